The predicted molar refractivity (Wildman–Crippen MR) is 97.0 cm³/mol. The molecule has 4 nitrogen and oxygen atoms in total. The van der Waals surface area contributed by atoms with Gasteiger partial charge in [-0.1, -0.05) is 67.8 Å². The SMILES string of the molecule is N#CC1(N(C(=O)OCc2ccccc2)c2ccccc2)CCCCC1. The van der Waals surface area contributed by atoms with E-state index in [9.17, 15) is 10.1 Å². The van der Waals surface area contributed by atoms with Crippen LogP contribution in [0.15, 0.2) is 60.7 Å². The Morgan fingerprint density at radius 2 is 1.60 bits per heavy atom. The molecule has 25 heavy (non-hydrogen) atoms. The molecule has 0 spiro atoms. The van der Waals surface area contributed by atoms with Gasteiger partial charge in [-0.15, -0.1) is 0 Å². The third-order valence-corrected chi connectivity index (χ3v) is 4.72. The minimum absolute atomic E-state index is 0.199. The number of ether oxygens (including phenoxy) is 1. The molecule has 1 fully saturated rings. The number of rotatable bonds is 4. The Balaban J connectivity index is 1.86. The van der Waals surface area contributed by atoms with Crippen LogP contribution in [0.4, 0.5) is 10.5 Å². The van der Waals surface area contributed by atoms with Gasteiger partial charge in [0.25, 0.3) is 0 Å². The molecule has 1 amide bonds. The van der Waals surface area contributed by atoms with Gasteiger partial charge in [0.1, 0.15) is 12.1 Å². The highest BCUT2D eigenvalue weighted by Gasteiger charge is 2.43. The summed E-state index contributed by atoms with van der Waals surface area (Å²) in [7, 11) is 0. The van der Waals surface area contributed by atoms with Gasteiger partial charge >= 0.3 is 6.09 Å². The normalized spacial score (nSPS) is 15.8. The van der Waals surface area contributed by atoms with Gasteiger partial charge in [-0.2, -0.15) is 5.26 Å². The zero-order chi connectivity index (χ0) is 17.5. The summed E-state index contributed by atoms with van der Waals surface area (Å²) >= 11 is 0. The fraction of sp³-hybridized carbons (Fsp3) is 0.333. The second-order valence-electron chi connectivity index (χ2n) is 6.42. The molecular weight excluding hydrogens is 312 g/mol. The standard InChI is InChI=1S/C21H22N2O2/c22-17-21(14-8-3-9-15-21)23(19-12-6-2-7-13-19)20(24)25-16-18-10-4-1-5-11-18/h1-2,4-7,10-13H,3,8-9,14-16H2. The number of hydrogen-bond donors (Lipinski definition) is 0. The van der Waals surface area contributed by atoms with Crippen molar-refractivity contribution in [3.05, 3.63) is 66.2 Å². The van der Waals surface area contributed by atoms with Gasteiger partial charge in [0.2, 0.25) is 0 Å². The smallest absolute Gasteiger partial charge is 0.415 e. The Morgan fingerprint density at radius 3 is 2.20 bits per heavy atom. The fourth-order valence-corrected chi connectivity index (χ4v) is 3.41. The largest absolute Gasteiger partial charge is 0.444 e. The molecule has 0 aromatic heterocycles. The fourth-order valence-electron chi connectivity index (χ4n) is 3.41. The minimum atomic E-state index is -0.826. The van der Waals surface area contributed by atoms with Gasteiger partial charge < -0.3 is 4.74 Å². The molecular formula is C21H22N2O2. The zero-order valence-electron chi connectivity index (χ0n) is 14.2. The van der Waals surface area contributed by atoms with E-state index < -0.39 is 11.6 Å². The van der Waals surface area contributed by atoms with E-state index in [1.54, 1.807) is 4.90 Å². The molecule has 3 rings (SSSR count). The maximum Gasteiger partial charge on any atom is 0.415 e. The first-order valence-corrected chi connectivity index (χ1v) is 8.72. The molecule has 0 bridgehead atoms. The molecule has 4 heteroatoms. The van der Waals surface area contributed by atoms with Gasteiger partial charge in [-0.3, -0.25) is 4.90 Å². The number of nitrogens with zero attached hydrogens (tertiary/aromatic N) is 2. The van der Waals surface area contributed by atoms with E-state index in [0.717, 1.165) is 24.8 Å². The molecule has 0 N–H and O–H groups in total. The van der Waals surface area contributed by atoms with Gasteiger partial charge in [0.15, 0.2) is 0 Å². The quantitative estimate of drug-likeness (QED) is 0.785. The molecule has 2 aromatic carbocycles. The number of nitriles is 1. The summed E-state index contributed by atoms with van der Waals surface area (Å²) in [5.74, 6) is 0. The lowest BCUT2D eigenvalue weighted by Crippen LogP contribution is -2.52. The second-order valence-corrected chi connectivity index (χ2v) is 6.42. The molecule has 128 valence electrons. The number of para-hydroxylation sites is 1. The van der Waals surface area contributed by atoms with Crippen LogP contribution in [0.1, 0.15) is 37.7 Å². The number of hydrogen-bond acceptors (Lipinski definition) is 3. The number of carbonyl (C=O) groups excluding carboxylic acids is 1. The van der Waals surface area contributed by atoms with Crippen molar-refractivity contribution >= 4 is 11.8 Å². The van der Waals surface area contributed by atoms with Crippen molar-refractivity contribution in [2.75, 3.05) is 4.90 Å². The van der Waals surface area contributed by atoms with Crippen LogP contribution in [0.3, 0.4) is 0 Å². The summed E-state index contributed by atoms with van der Waals surface area (Å²) in [5, 5.41) is 9.91. The highest BCUT2D eigenvalue weighted by molar-refractivity contribution is 5.90. The molecule has 0 saturated heterocycles. The van der Waals surface area contributed by atoms with E-state index in [1.807, 2.05) is 60.7 Å². The van der Waals surface area contributed by atoms with E-state index >= 15 is 0 Å². The first-order valence-electron chi connectivity index (χ1n) is 8.72. The van der Waals surface area contributed by atoms with Crippen LogP contribution in [-0.2, 0) is 11.3 Å². The lowest BCUT2D eigenvalue weighted by atomic mass is 9.81. The van der Waals surface area contributed by atoms with Gasteiger partial charge in [-0.25, -0.2) is 4.79 Å². The van der Waals surface area contributed by atoms with E-state index in [0.29, 0.717) is 18.5 Å². The Labute approximate surface area is 148 Å². The monoisotopic (exact) mass is 334 g/mol. The summed E-state index contributed by atoms with van der Waals surface area (Å²) < 4.78 is 5.56. The maximum atomic E-state index is 12.9. The van der Waals surface area contributed by atoms with Gasteiger partial charge in [-0.05, 0) is 30.5 Å². The third kappa shape index (κ3) is 3.83. The number of amides is 1. The molecule has 1 saturated carbocycles. The Kier molecular flexibility index (Phi) is 5.35. The average Bonchev–Trinajstić information content (AvgIpc) is 2.69. The van der Waals surface area contributed by atoms with Crippen LogP contribution in [-0.4, -0.2) is 11.6 Å². The second kappa shape index (κ2) is 7.85. The molecule has 0 radical (unpaired) electrons. The molecule has 1 aliphatic carbocycles. The van der Waals surface area contributed by atoms with Gasteiger partial charge in [0.05, 0.1) is 6.07 Å². The van der Waals surface area contributed by atoms with Crippen molar-refractivity contribution in [2.24, 2.45) is 0 Å². The first kappa shape index (κ1) is 17.0. The molecule has 0 heterocycles. The van der Waals surface area contributed by atoms with Crippen molar-refractivity contribution < 1.29 is 9.53 Å². The first-order chi connectivity index (χ1) is 12.2. The Hall–Kier alpha value is -2.80. The summed E-state index contributed by atoms with van der Waals surface area (Å²) in [5.41, 5.74) is 0.815. The van der Waals surface area contributed by atoms with E-state index in [2.05, 4.69) is 6.07 Å². The number of anilines is 1. The lowest BCUT2D eigenvalue weighted by Gasteiger charge is -2.40. The van der Waals surface area contributed by atoms with Gasteiger partial charge in [0, 0.05) is 5.69 Å². The predicted octanol–water partition coefficient (Wildman–Crippen LogP) is 5.06. The zero-order valence-corrected chi connectivity index (χ0v) is 14.2. The Bertz CT molecular complexity index is 731. The molecule has 0 atom stereocenters. The average molecular weight is 334 g/mol. The van der Waals surface area contributed by atoms with Crippen LogP contribution < -0.4 is 4.90 Å². The van der Waals surface area contributed by atoms with Crippen LogP contribution in [0.5, 0.6) is 0 Å². The van der Waals surface area contributed by atoms with E-state index in [-0.39, 0.29) is 6.61 Å². The van der Waals surface area contributed by atoms with Crippen LogP contribution in [0, 0.1) is 11.3 Å². The van der Waals surface area contributed by atoms with E-state index in [4.69, 9.17) is 4.74 Å². The summed E-state index contributed by atoms with van der Waals surface area (Å²) in [6, 6.07) is 21.4. The topological polar surface area (TPSA) is 53.3 Å². The number of benzene rings is 2. The lowest BCUT2D eigenvalue weighted by molar-refractivity contribution is 0.138. The summed E-state index contributed by atoms with van der Waals surface area (Å²) in [6.45, 7) is 0.199. The molecule has 2 aromatic rings. The molecule has 0 aliphatic heterocycles. The van der Waals surface area contributed by atoms with Crippen molar-refractivity contribution in [2.45, 2.75) is 44.2 Å². The highest BCUT2D eigenvalue weighted by atomic mass is 16.6. The van der Waals surface area contributed by atoms with Crippen molar-refractivity contribution in [3.63, 3.8) is 0 Å². The maximum absolute atomic E-state index is 12.9. The Morgan fingerprint density at radius 1 is 1.00 bits per heavy atom. The summed E-state index contributed by atoms with van der Waals surface area (Å²) in [6.07, 6.45) is 3.90. The highest BCUT2D eigenvalue weighted by Crippen LogP contribution is 2.37. The molecule has 1 aliphatic rings. The van der Waals surface area contributed by atoms with Crippen molar-refractivity contribution in [3.8, 4) is 6.07 Å². The van der Waals surface area contributed by atoms with Crippen molar-refractivity contribution in [1.29, 1.82) is 5.26 Å². The van der Waals surface area contributed by atoms with Crippen LogP contribution >= 0.6 is 0 Å². The third-order valence-electron chi connectivity index (χ3n) is 4.72. The van der Waals surface area contributed by atoms with Crippen molar-refractivity contribution in [1.82, 2.24) is 0 Å². The number of carbonyl (C=O) groups is 1. The van der Waals surface area contributed by atoms with Crippen LogP contribution in [0.25, 0.3) is 0 Å². The van der Waals surface area contributed by atoms with Crippen LogP contribution in [0.2, 0.25) is 0 Å². The molecule has 0 unspecified atom stereocenters. The minimum Gasteiger partial charge on any atom is -0.444 e. The van der Waals surface area contributed by atoms with E-state index in [1.165, 1.54) is 0 Å². The summed E-state index contributed by atoms with van der Waals surface area (Å²) in [4.78, 5) is 14.5.